The van der Waals surface area contributed by atoms with Crippen molar-refractivity contribution in [3.05, 3.63) is 5.82 Å². The predicted octanol–water partition coefficient (Wildman–Crippen LogP) is 0.383. The monoisotopic (exact) mass is 347 g/mol. The Labute approximate surface area is 149 Å². The molecule has 1 aromatic rings. The fourth-order valence-corrected chi connectivity index (χ4v) is 4.36. The Bertz CT molecular complexity index is 614. The van der Waals surface area contributed by atoms with Crippen molar-refractivity contribution < 1.29 is 4.79 Å². The van der Waals surface area contributed by atoms with Gasteiger partial charge < -0.3 is 4.90 Å². The standard InChI is InChI=1S/C17H29N7O/c1-13-10-21(12-17-18-19-20-24(17)15-4-5-15)11-16(13)23-7-3-6-22(8-9-23)14(2)25/h13,15-16H,3-12H2,1-2H3/t13-,16-/m1/s1. The summed E-state index contributed by atoms with van der Waals surface area (Å²) in [6.07, 6.45) is 3.48. The second-order valence-corrected chi connectivity index (χ2v) is 7.91. The van der Waals surface area contributed by atoms with Crippen LogP contribution in [0.3, 0.4) is 0 Å². The smallest absolute Gasteiger partial charge is 0.219 e. The Kier molecular flexibility index (Phi) is 4.73. The topological polar surface area (TPSA) is 70.4 Å². The second kappa shape index (κ2) is 6.99. The fraction of sp³-hybridized carbons (Fsp3) is 0.882. The molecule has 1 aliphatic carbocycles. The van der Waals surface area contributed by atoms with E-state index >= 15 is 0 Å². The van der Waals surface area contributed by atoms with E-state index in [9.17, 15) is 4.79 Å². The van der Waals surface area contributed by atoms with Gasteiger partial charge in [0.1, 0.15) is 0 Å². The number of tetrazole rings is 1. The summed E-state index contributed by atoms with van der Waals surface area (Å²) in [4.78, 5) is 18.7. The van der Waals surface area contributed by atoms with E-state index in [1.54, 1.807) is 6.92 Å². The van der Waals surface area contributed by atoms with E-state index in [4.69, 9.17) is 0 Å². The van der Waals surface area contributed by atoms with Gasteiger partial charge >= 0.3 is 0 Å². The van der Waals surface area contributed by atoms with Gasteiger partial charge in [-0.25, -0.2) is 4.68 Å². The molecule has 0 N–H and O–H groups in total. The first kappa shape index (κ1) is 16.9. The number of rotatable bonds is 4. The molecule has 1 saturated carbocycles. The molecule has 3 fully saturated rings. The van der Waals surface area contributed by atoms with Crippen molar-refractivity contribution in [2.75, 3.05) is 39.3 Å². The van der Waals surface area contributed by atoms with Gasteiger partial charge in [-0.15, -0.1) is 5.10 Å². The number of likely N-dealkylation sites (tertiary alicyclic amines) is 1. The molecule has 2 aliphatic heterocycles. The van der Waals surface area contributed by atoms with Gasteiger partial charge in [0.15, 0.2) is 5.82 Å². The van der Waals surface area contributed by atoms with Crippen molar-refractivity contribution in [2.45, 2.75) is 51.7 Å². The zero-order chi connectivity index (χ0) is 17.4. The Morgan fingerprint density at radius 1 is 1.16 bits per heavy atom. The van der Waals surface area contributed by atoms with Crippen LogP contribution in [-0.4, -0.2) is 86.1 Å². The molecule has 2 atom stereocenters. The number of nitrogens with zero attached hydrogens (tertiary/aromatic N) is 7. The summed E-state index contributed by atoms with van der Waals surface area (Å²) in [5, 5.41) is 12.3. The van der Waals surface area contributed by atoms with Crippen LogP contribution < -0.4 is 0 Å². The van der Waals surface area contributed by atoms with Crippen molar-refractivity contribution in [1.29, 1.82) is 0 Å². The highest BCUT2D eigenvalue weighted by molar-refractivity contribution is 5.73. The third-order valence-corrected chi connectivity index (χ3v) is 5.91. The highest BCUT2D eigenvalue weighted by Gasteiger charge is 2.36. The van der Waals surface area contributed by atoms with E-state index in [0.29, 0.717) is 18.0 Å². The third-order valence-electron chi connectivity index (χ3n) is 5.91. The first-order chi connectivity index (χ1) is 12.1. The van der Waals surface area contributed by atoms with Gasteiger partial charge in [-0.3, -0.25) is 14.6 Å². The molecular weight excluding hydrogens is 318 g/mol. The second-order valence-electron chi connectivity index (χ2n) is 7.91. The summed E-state index contributed by atoms with van der Waals surface area (Å²) in [6, 6.07) is 1.10. The van der Waals surface area contributed by atoms with Gasteiger partial charge in [0.25, 0.3) is 0 Å². The normalized spacial score (nSPS) is 29.1. The lowest BCUT2D eigenvalue weighted by molar-refractivity contribution is -0.128. The fourth-order valence-electron chi connectivity index (χ4n) is 4.36. The van der Waals surface area contributed by atoms with Gasteiger partial charge in [-0.1, -0.05) is 6.92 Å². The van der Waals surface area contributed by atoms with E-state index in [-0.39, 0.29) is 5.91 Å². The lowest BCUT2D eigenvalue weighted by Gasteiger charge is -2.30. The summed E-state index contributed by atoms with van der Waals surface area (Å²) in [6.45, 7) is 10.9. The minimum atomic E-state index is 0.204. The van der Waals surface area contributed by atoms with Crippen LogP contribution in [0.5, 0.6) is 0 Å². The first-order valence-corrected chi connectivity index (χ1v) is 9.60. The maximum absolute atomic E-state index is 11.6. The first-order valence-electron chi connectivity index (χ1n) is 9.60. The van der Waals surface area contributed by atoms with Crippen LogP contribution in [0.1, 0.15) is 45.0 Å². The lowest BCUT2D eigenvalue weighted by atomic mass is 10.0. The molecule has 0 unspecified atom stereocenters. The van der Waals surface area contributed by atoms with Crippen molar-refractivity contribution in [3.8, 4) is 0 Å². The lowest BCUT2D eigenvalue weighted by Crippen LogP contribution is -2.43. The Balaban J connectivity index is 1.36. The Hall–Kier alpha value is -1.54. The Morgan fingerprint density at radius 2 is 2.00 bits per heavy atom. The van der Waals surface area contributed by atoms with Crippen molar-refractivity contribution in [1.82, 2.24) is 34.9 Å². The molecule has 3 aliphatic rings. The average Bonchev–Trinajstić information content (AvgIpc) is 3.29. The summed E-state index contributed by atoms with van der Waals surface area (Å²) in [5.41, 5.74) is 0. The minimum Gasteiger partial charge on any atom is -0.342 e. The van der Waals surface area contributed by atoms with Crippen molar-refractivity contribution in [3.63, 3.8) is 0 Å². The summed E-state index contributed by atoms with van der Waals surface area (Å²) in [7, 11) is 0. The van der Waals surface area contributed by atoms with Crippen LogP contribution in [0.4, 0.5) is 0 Å². The molecule has 4 rings (SSSR count). The van der Waals surface area contributed by atoms with Crippen LogP contribution in [0.15, 0.2) is 0 Å². The van der Waals surface area contributed by atoms with E-state index in [1.165, 1.54) is 12.8 Å². The summed E-state index contributed by atoms with van der Waals surface area (Å²) >= 11 is 0. The van der Waals surface area contributed by atoms with E-state index in [2.05, 4.69) is 32.2 Å². The average molecular weight is 347 g/mol. The van der Waals surface area contributed by atoms with Gasteiger partial charge in [0.05, 0.1) is 12.6 Å². The molecule has 0 aromatic carbocycles. The maximum Gasteiger partial charge on any atom is 0.219 e. The molecule has 25 heavy (non-hydrogen) atoms. The molecule has 0 spiro atoms. The SMILES string of the molecule is CC(=O)N1CCCN([C@@H]2CN(Cc3nnnn3C3CC3)C[C@H]2C)CC1. The highest BCUT2D eigenvalue weighted by atomic mass is 16.2. The molecule has 0 bridgehead atoms. The molecular formula is C17H29N7O. The van der Waals surface area contributed by atoms with Crippen LogP contribution in [0.25, 0.3) is 0 Å². The van der Waals surface area contributed by atoms with Gasteiger partial charge in [-0.05, 0) is 35.6 Å². The molecule has 1 aromatic heterocycles. The molecule has 8 heteroatoms. The largest absolute Gasteiger partial charge is 0.342 e. The summed E-state index contributed by atoms with van der Waals surface area (Å²) < 4.78 is 2.02. The maximum atomic E-state index is 11.6. The number of carbonyl (C=O) groups is 1. The zero-order valence-corrected chi connectivity index (χ0v) is 15.3. The van der Waals surface area contributed by atoms with Gasteiger partial charge in [0, 0.05) is 52.2 Å². The van der Waals surface area contributed by atoms with Gasteiger partial charge in [0.2, 0.25) is 5.91 Å². The molecule has 3 heterocycles. The van der Waals surface area contributed by atoms with Crippen molar-refractivity contribution >= 4 is 5.91 Å². The molecule has 1 amide bonds. The van der Waals surface area contributed by atoms with E-state index < -0.39 is 0 Å². The van der Waals surface area contributed by atoms with Crippen LogP contribution >= 0.6 is 0 Å². The minimum absolute atomic E-state index is 0.204. The molecule has 138 valence electrons. The van der Waals surface area contributed by atoms with Crippen LogP contribution in [0.2, 0.25) is 0 Å². The van der Waals surface area contributed by atoms with Gasteiger partial charge in [-0.2, -0.15) is 0 Å². The highest BCUT2D eigenvalue weighted by Crippen LogP contribution is 2.35. The zero-order valence-electron chi connectivity index (χ0n) is 15.3. The molecule has 8 nitrogen and oxygen atoms in total. The van der Waals surface area contributed by atoms with E-state index in [0.717, 1.165) is 58.1 Å². The van der Waals surface area contributed by atoms with Crippen LogP contribution in [-0.2, 0) is 11.3 Å². The number of hydrogen-bond donors (Lipinski definition) is 0. The number of aromatic nitrogens is 4. The molecule has 0 radical (unpaired) electrons. The van der Waals surface area contributed by atoms with Crippen LogP contribution in [0, 0.1) is 5.92 Å². The number of hydrogen-bond acceptors (Lipinski definition) is 6. The Morgan fingerprint density at radius 3 is 2.76 bits per heavy atom. The van der Waals surface area contributed by atoms with Crippen molar-refractivity contribution in [2.24, 2.45) is 5.92 Å². The summed E-state index contributed by atoms with van der Waals surface area (Å²) in [5.74, 6) is 1.85. The molecule has 2 saturated heterocycles. The predicted molar refractivity (Wildman–Crippen MR) is 92.8 cm³/mol. The number of amides is 1. The quantitative estimate of drug-likeness (QED) is 0.784. The van der Waals surface area contributed by atoms with E-state index in [1.807, 2.05) is 9.58 Å². The number of carbonyl (C=O) groups excluding carboxylic acids is 1. The third kappa shape index (κ3) is 3.69.